The normalized spacial score (nSPS) is 14.6. The van der Waals surface area contributed by atoms with E-state index in [1.165, 1.54) is 23.1 Å². The molecule has 0 aliphatic heterocycles. The van der Waals surface area contributed by atoms with Crippen LogP contribution in [0.3, 0.4) is 0 Å². The van der Waals surface area contributed by atoms with Crippen LogP contribution in [0.5, 0.6) is 0 Å². The lowest BCUT2D eigenvalue weighted by Crippen LogP contribution is -2.15. The highest BCUT2D eigenvalue weighted by molar-refractivity contribution is 7.99. The van der Waals surface area contributed by atoms with Gasteiger partial charge >= 0.3 is 0 Å². The van der Waals surface area contributed by atoms with Crippen LogP contribution in [0.2, 0.25) is 0 Å². The number of hydrogen-bond donors (Lipinski definition) is 1. The quantitative estimate of drug-likeness (QED) is 0.832. The van der Waals surface area contributed by atoms with Gasteiger partial charge in [-0.2, -0.15) is 11.8 Å². The molecule has 0 spiro atoms. The third-order valence-electron chi connectivity index (χ3n) is 3.19. The van der Waals surface area contributed by atoms with E-state index in [2.05, 4.69) is 45.9 Å². The van der Waals surface area contributed by atoms with Crippen molar-refractivity contribution in [1.29, 1.82) is 0 Å². The van der Waals surface area contributed by atoms with Crippen molar-refractivity contribution < 1.29 is 5.11 Å². The predicted octanol–water partition coefficient (Wildman–Crippen LogP) is 3.74. The van der Waals surface area contributed by atoms with Gasteiger partial charge in [-0.05, 0) is 43.4 Å². The Hall–Kier alpha value is -0.470. The third kappa shape index (κ3) is 5.13. The fourth-order valence-electron chi connectivity index (χ4n) is 1.65. The summed E-state index contributed by atoms with van der Waals surface area (Å²) in [6.07, 6.45) is 1.71. The Balaban J connectivity index is 2.44. The molecule has 0 bridgehead atoms. The molecule has 2 unspecified atom stereocenters. The second-order valence-corrected chi connectivity index (χ2v) is 6.30. The van der Waals surface area contributed by atoms with Gasteiger partial charge in [0.15, 0.2) is 0 Å². The molecule has 0 aromatic heterocycles. The maximum atomic E-state index is 9.99. The Morgan fingerprint density at radius 1 is 1.24 bits per heavy atom. The summed E-state index contributed by atoms with van der Waals surface area (Å²) in [5, 5.41) is 10.6. The molecule has 17 heavy (non-hydrogen) atoms. The molecule has 2 heteroatoms. The van der Waals surface area contributed by atoms with E-state index in [4.69, 9.17) is 0 Å². The van der Waals surface area contributed by atoms with Crippen LogP contribution in [0.1, 0.15) is 37.0 Å². The molecular weight excluding hydrogens is 228 g/mol. The van der Waals surface area contributed by atoms with Crippen molar-refractivity contribution in [2.75, 3.05) is 5.75 Å². The summed E-state index contributed by atoms with van der Waals surface area (Å²) < 4.78 is 0. The van der Waals surface area contributed by atoms with Crippen LogP contribution in [-0.2, 0) is 6.42 Å². The second-order valence-electron chi connectivity index (χ2n) is 4.83. The molecule has 0 aliphatic rings. The number of rotatable bonds is 6. The van der Waals surface area contributed by atoms with Gasteiger partial charge in [0.1, 0.15) is 0 Å². The first kappa shape index (κ1) is 14.6. The second kappa shape index (κ2) is 7.07. The van der Waals surface area contributed by atoms with Gasteiger partial charge in [-0.3, -0.25) is 0 Å². The Labute approximate surface area is 110 Å². The summed E-state index contributed by atoms with van der Waals surface area (Å²) in [6.45, 7) is 8.65. The van der Waals surface area contributed by atoms with E-state index < -0.39 is 0 Å². The zero-order valence-electron chi connectivity index (χ0n) is 11.4. The highest BCUT2D eigenvalue weighted by Crippen LogP contribution is 2.17. The van der Waals surface area contributed by atoms with Gasteiger partial charge in [0.2, 0.25) is 0 Å². The van der Waals surface area contributed by atoms with Gasteiger partial charge in [-0.25, -0.2) is 0 Å². The van der Waals surface area contributed by atoms with Gasteiger partial charge in [-0.1, -0.05) is 32.0 Å². The molecule has 0 saturated carbocycles. The van der Waals surface area contributed by atoms with Gasteiger partial charge in [0.05, 0.1) is 6.10 Å². The van der Waals surface area contributed by atoms with Crippen LogP contribution >= 0.6 is 11.8 Å². The molecule has 1 aromatic carbocycles. The Morgan fingerprint density at radius 2 is 1.94 bits per heavy atom. The van der Waals surface area contributed by atoms with Crippen molar-refractivity contribution >= 4 is 11.8 Å². The molecule has 1 nitrogen and oxygen atoms in total. The van der Waals surface area contributed by atoms with E-state index in [9.17, 15) is 5.11 Å². The summed E-state index contributed by atoms with van der Waals surface area (Å²) in [5.41, 5.74) is 3.87. The van der Waals surface area contributed by atoms with E-state index in [1.807, 2.05) is 11.8 Å². The number of aryl methyl sites for hydroxylation is 2. The highest BCUT2D eigenvalue weighted by Gasteiger charge is 2.08. The van der Waals surface area contributed by atoms with Crippen LogP contribution in [0.25, 0.3) is 0 Å². The molecule has 1 rings (SSSR count). The molecule has 0 fully saturated rings. The SMILES string of the molecule is CCC(C)SCC(O)Cc1ccc(C)c(C)c1. The summed E-state index contributed by atoms with van der Waals surface area (Å²) in [4.78, 5) is 0. The number of benzene rings is 1. The first-order valence-corrected chi connectivity index (χ1v) is 7.43. The summed E-state index contributed by atoms with van der Waals surface area (Å²) in [5.74, 6) is 0.835. The Kier molecular flexibility index (Phi) is 6.07. The van der Waals surface area contributed by atoms with E-state index in [0.29, 0.717) is 5.25 Å². The zero-order valence-corrected chi connectivity index (χ0v) is 12.2. The van der Waals surface area contributed by atoms with Crippen molar-refractivity contribution in [1.82, 2.24) is 0 Å². The number of thioether (sulfide) groups is 1. The van der Waals surface area contributed by atoms with Crippen molar-refractivity contribution in [3.05, 3.63) is 34.9 Å². The molecular formula is C15H24OS. The Morgan fingerprint density at radius 3 is 2.53 bits per heavy atom. The highest BCUT2D eigenvalue weighted by atomic mass is 32.2. The zero-order chi connectivity index (χ0) is 12.8. The fourth-order valence-corrected chi connectivity index (χ4v) is 2.56. The molecule has 0 amide bonds. The smallest absolute Gasteiger partial charge is 0.0670 e. The molecule has 2 atom stereocenters. The van der Waals surface area contributed by atoms with Crippen molar-refractivity contribution in [2.24, 2.45) is 0 Å². The van der Waals surface area contributed by atoms with Crippen LogP contribution in [0.4, 0.5) is 0 Å². The predicted molar refractivity (Wildman–Crippen MR) is 77.8 cm³/mol. The molecule has 96 valence electrons. The van der Waals surface area contributed by atoms with E-state index in [1.54, 1.807) is 0 Å². The minimum absolute atomic E-state index is 0.226. The van der Waals surface area contributed by atoms with E-state index in [0.717, 1.165) is 12.2 Å². The fraction of sp³-hybridized carbons (Fsp3) is 0.600. The number of aliphatic hydroxyl groups is 1. The molecule has 0 radical (unpaired) electrons. The van der Waals surface area contributed by atoms with Crippen molar-refractivity contribution in [2.45, 2.75) is 51.9 Å². The summed E-state index contributed by atoms with van der Waals surface area (Å²) >= 11 is 1.86. The van der Waals surface area contributed by atoms with Crippen LogP contribution in [0.15, 0.2) is 18.2 Å². The number of aliphatic hydroxyl groups excluding tert-OH is 1. The van der Waals surface area contributed by atoms with Crippen molar-refractivity contribution in [3.63, 3.8) is 0 Å². The maximum Gasteiger partial charge on any atom is 0.0670 e. The molecule has 1 aromatic rings. The van der Waals surface area contributed by atoms with Gasteiger partial charge < -0.3 is 5.11 Å². The molecule has 0 aliphatic carbocycles. The first-order valence-electron chi connectivity index (χ1n) is 6.38. The van der Waals surface area contributed by atoms with Crippen LogP contribution < -0.4 is 0 Å². The topological polar surface area (TPSA) is 20.2 Å². The van der Waals surface area contributed by atoms with E-state index >= 15 is 0 Å². The minimum Gasteiger partial charge on any atom is -0.392 e. The van der Waals surface area contributed by atoms with Gasteiger partial charge in [0, 0.05) is 11.0 Å². The molecule has 1 N–H and O–H groups in total. The lowest BCUT2D eigenvalue weighted by molar-refractivity contribution is 0.200. The Bertz CT molecular complexity index is 349. The average molecular weight is 252 g/mol. The van der Waals surface area contributed by atoms with Crippen LogP contribution in [0, 0.1) is 13.8 Å². The minimum atomic E-state index is -0.226. The lowest BCUT2D eigenvalue weighted by Gasteiger charge is -2.14. The van der Waals surface area contributed by atoms with E-state index in [-0.39, 0.29) is 6.10 Å². The van der Waals surface area contributed by atoms with Gasteiger partial charge in [0.25, 0.3) is 0 Å². The first-order chi connectivity index (χ1) is 8.02. The average Bonchev–Trinajstić information content (AvgIpc) is 2.31. The third-order valence-corrected chi connectivity index (χ3v) is 4.67. The summed E-state index contributed by atoms with van der Waals surface area (Å²) in [6, 6.07) is 6.45. The molecule has 0 heterocycles. The molecule has 0 saturated heterocycles. The van der Waals surface area contributed by atoms with Gasteiger partial charge in [-0.15, -0.1) is 0 Å². The lowest BCUT2D eigenvalue weighted by atomic mass is 10.0. The summed E-state index contributed by atoms with van der Waals surface area (Å²) in [7, 11) is 0. The monoisotopic (exact) mass is 252 g/mol. The maximum absolute atomic E-state index is 9.99. The standard InChI is InChI=1S/C15H24OS/c1-5-13(4)17-10-15(16)9-14-7-6-11(2)12(3)8-14/h6-8,13,15-16H,5,9-10H2,1-4H3. The number of hydrogen-bond acceptors (Lipinski definition) is 2. The van der Waals surface area contributed by atoms with Crippen molar-refractivity contribution in [3.8, 4) is 0 Å². The van der Waals surface area contributed by atoms with Crippen LogP contribution in [-0.4, -0.2) is 22.2 Å². The largest absolute Gasteiger partial charge is 0.392 e.